The summed E-state index contributed by atoms with van der Waals surface area (Å²) in [4.78, 5) is 14.3. The van der Waals surface area contributed by atoms with E-state index in [9.17, 15) is 9.90 Å². The van der Waals surface area contributed by atoms with Crippen LogP contribution in [-0.4, -0.2) is 74.5 Å². The molecule has 0 radical (unpaired) electrons. The predicted molar refractivity (Wildman–Crippen MR) is 167 cm³/mol. The molecule has 4 fully saturated rings. The van der Waals surface area contributed by atoms with Gasteiger partial charge in [-0.05, 0) is 163 Å². The zero-order valence-electron chi connectivity index (χ0n) is 26.9. The summed E-state index contributed by atoms with van der Waals surface area (Å²) in [6.07, 6.45) is 14.4. The predicted octanol–water partition coefficient (Wildman–Crippen LogP) is 4.55. The van der Waals surface area contributed by atoms with Gasteiger partial charge in [0.1, 0.15) is 0 Å². The van der Waals surface area contributed by atoms with Gasteiger partial charge in [0.05, 0.1) is 13.2 Å². The maximum atomic E-state index is 11.8. The number of fused-ring (bicyclic) bond motifs is 5. The highest BCUT2D eigenvalue weighted by Gasteiger charge is 2.62. The fraction of sp³-hybridized carbons (Fsp3) is 0.971. The first-order valence-electron chi connectivity index (χ1n) is 17.3. The van der Waals surface area contributed by atoms with Crippen molar-refractivity contribution in [1.29, 1.82) is 0 Å². The van der Waals surface area contributed by atoms with Crippen molar-refractivity contribution in [3.05, 3.63) is 0 Å². The van der Waals surface area contributed by atoms with Gasteiger partial charge in [-0.1, -0.05) is 20.8 Å². The maximum Gasteiger partial charge on any atom is 0.305 e. The lowest BCUT2D eigenvalue weighted by atomic mass is 9.43. The average Bonchev–Trinajstić information content (AvgIpc) is 3.32. The zero-order valence-corrected chi connectivity index (χ0v) is 26.9. The summed E-state index contributed by atoms with van der Waals surface area (Å²) >= 11 is 0. The fourth-order valence-corrected chi connectivity index (χ4v) is 10.6. The van der Waals surface area contributed by atoms with Gasteiger partial charge in [0.2, 0.25) is 0 Å². The average molecular weight is 577 g/mol. The van der Waals surface area contributed by atoms with Crippen LogP contribution in [0, 0.1) is 46.3 Å². The first kappa shape index (κ1) is 33.2. The first-order valence-corrected chi connectivity index (χ1v) is 17.3. The largest absolute Gasteiger partial charge is 0.469 e. The quantitative estimate of drug-likeness (QED) is 0.167. The summed E-state index contributed by atoms with van der Waals surface area (Å²) in [5, 5.41) is 15.7. The van der Waals surface area contributed by atoms with Gasteiger partial charge >= 0.3 is 5.97 Å². The van der Waals surface area contributed by atoms with Gasteiger partial charge < -0.3 is 31.5 Å². The number of aliphatic hydroxyl groups is 1. The highest BCUT2D eigenvalue weighted by atomic mass is 16.5. The number of rotatable bonds is 15. The van der Waals surface area contributed by atoms with Crippen molar-refractivity contribution in [3.8, 4) is 0 Å². The monoisotopic (exact) mass is 576 g/mol. The molecule has 10 atom stereocenters. The minimum Gasteiger partial charge on any atom is -0.469 e. The molecule has 4 aliphatic carbocycles. The molecule has 238 valence electrons. The number of nitrogens with one attached hydrogen (secondary N) is 1. The second-order valence-corrected chi connectivity index (χ2v) is 15.0. The van der Waals surface area contributed by atoms with Gasteiger partial charge in [0.25, 0.3) is 0 Å². The van der Waals surface area contributed by atoms with Crippen molar-refractivity contribution in [2.24, 2.45) is 57.8 Å². The molecule has 0 heterocycles. The summed E-state index contributed by atoms with van der Waals surface area (Å²) in [6, 6.07) is 0.582. The van der Waals surface area contributed by atoms with Gasteiger partial charge in [-0.2, -0.15) is 0 Å². The van der Waals surface area contributed by atoms with Crippen LogP contribution in [0.3, 0.4) is 0 Å². The summed E-state index contributed by atoms with van der Waals surface area (Å²) < 4.78 is 4.92. The van der Waals surface area contributed by atoms with Crippen LogP contribution in [0.5, 0.6) is 0 Å². The van der Waals surface area contributed by atoms with E-state index in [4.69, 9.17) is 16.2 Å². The Morgan fingerprint density at radius 3 is 2.32 bits per heavy atom. The molecular formula is C34H64N4O3. The molecule has 0 aromatic rings. The molecule has 4 rings (SSSR count). The van der Waals surface area contributed by atoms with E-state index < -0.39 is 0 Å². The number of carbonyl (C=O) groups excluding carboxylic acids is 1. The van der Waals surface area contributed by atoms with E-state index in [0.29, 0.717) is 58.8 Å². The number of hydrogen-bond donors (Lipinski definition) is 4. The molecule has 41 heavy (non-hydrogen) atoms. The maximum absolute atomic E-state index is 11.8. The minimum atomic E-state index is -0.163. The Kier molecular flexibility index (Phi) is 12.0. The normalized spacial score (nSPS) is 39.2. The number of ether oxygens (including phenoxy) is 1. The van der Waals surface area contributed by atoms with Crippen LogP contribution >= 0.6 is 0 Å². The molecule has 4 saturated carbocycles. The van der Waals surface area contributed by atoms with Gasteiger partial charge in [-0.3, -0.25) is 4.79 Å². The van der Waals surface area contributed by atoms with Gasteiger partial charge in [0.15, 0.2) is 0 Å². The van der Waals surface area contributed by atoms with Crippen LogP contribution in [0.1, 0.15) is 104 Å². The van der Waals surface area contributed by atoms with Crippen LogP contribution in [-0.2, 0) is 9.53 Å². The first-order chi connectivity index (χ1) is 19.7. The number of carbonyl (C=O) groups is 1. The van der Waals surface area contributed by atoms with Gasteiger partial charge in [0, 0.05) is 12.5 Å². The smallest absolute Gasteiger partial charge is 0.305 e. The molecule has 6 N–H and O–H groups in total. The highest BCUT2D eigenvalue weighted by Crippen LogP contribution is 2.68. The fourth-order valence-electron chi connectivity index (χ4n) is 10.6. The minimum absolute atomic E-state index is 0.0842. The van der Waals surface area contributed by atoms with E-state index in [1.54, 1.807) is 0 Å². The molecule has 0 aromatic heterocycles. The van der Waals surface area contributed by atoms with E-state index in [2.05, 4.69) is 31.0 Å². The molecule has 0 bridgehead atoms. The van der Waals surface area contributed by atoms with E-state index >= 15 is 0 Å². The molecule has 7 heteroatoms. The number of aliphatic hydroxyl groups excluding tert-OH is 1. The Bertz CT molecular complexity index is 820. The van der Waals surface area contributed by atoms with Crippen LogP contribution in [0.25, 0.3) is 0 Å². The van der Waals surface area contributed by atoms with Crippen molar-refractivity contribution in [1.82, 2.24) is 10.2 Å². The molecule has 7 nitrogen and oxygen atoms in total. The molecule has 0 saturated heterocycles. The van der Waals surface area contributed by atoms with Gasteiger partial charge in [-0.25, -0.2) is 0 Å². The Morgan fingerprint density at radius 1 is 0.976 bits per heavy atom. The zero-order chi connectivity index (χ0) is 29.6. The Hall–Kier alpha value is -0.730. The highest BCUT2D eigenvalue weighted by molar-refractivity contribution is 5.69. The lowest BCUT2D eigenvalue weighted by Crippen LogP contribution is -2.59. The molecule has 0 spiro atoms. The Labute approximate surface area is 251 Å². The van der Waals surface area contributed by atoms with Crippen LogP contribution in [0.2, 0.25) is 0 Å². The lowest BCUT2D eigenvalue weighted by molar-refractivity contribution is -0.167. The Balaban J connectivity index is 1.31. The lowest BCUT2D eigenvalue weighted by Gasteiger charge is -2.62. The molecular weight excluding hydrogens is 512 g/mol. The van der Waals surface area contributed by atoms with Crippen molar-refractivity contribution in [2.75, 3.05) is 46.4 Å². The van der Waals surface area contributed by atoms with Crippen molar-refractivity contribution in [3.63, 3.8) is 0 Å². The molecule has 4 aliphatic rings. The molecule has 0 aromatic carbocycles. The van der Waals surface area contributed by atoms with Crippen molar-refractivity contribution >= 4 is 5.97 Å². The third-order valence-corrected chi connectivity index (χ3v) is 12.9. The van der Waals surface area contributed by atoms with Crippen LogP contribution in [0.15, 0.2) is 0 Å². The molecule has 5 unspecified atom stereocenters. The van der Waals surface area contributed by atoms with Gasteiger partial charge in [-0.15, -0.1) is 0 Å². The van der Waals surface area contributed by atoms with E-state index in [0.717, 1.165) is 65.0 Å². The topological polar surface area (TPSA) is 114 Å². The Morgan fingerprint density at radius 2 is 1.63 bits per heavy atom. The molecule has 0 aliphatic heterocycles. The third kappa shape index (κ3) is 7.33. The van der Waals surface area contributed by atoms with Crippen molar-refractivity contribution in [2.45, 2.75) is 116 Å². The summed E-state index contributed by atoms with van der Waals surface area (Å²) in [5.74, 6) is 3.44. The number of nitrogens with zero attached hydrogens (tertiary/aromatic N) is 1. The molecule has 0 amide bonds. The van der Waals surface area contributed by atoms with Crippen LogP contribution < -0.4 is 16.8 Å². The number of methoxy groups -OCH3 is 1. The van der Waals surface area contributed by atoms with E-state index in [1.807, 2.05) is 0 Å². The standard InChI is InChI=1S/C34H64N4O3/c1-24(8-11-31(40)41-4)27-9-10-28-32-29(13-15-34(27,28)3)33(2)14-12-26(22-25(33)23-30(32)39)37-18-7-21-38(19-5-16-35)20-6-17-36/h24-30,32,37,39H,5-23,35-36H2,1-4H3/t24-,25?,26+,27?,28?,29?,30+,32?,33+,34-/m1/s1. The van der Waals surface area contributed by atoms with Crippen LogP contribution in [0.4, 0.5) is 0 Å². The van der Waals surface area contributed by atoms with E-state index in [1.165, 1.54) is 58.5 Å². The second-order valence-electron chi connectivity index (χ2n) is 15.0. The summed E-state index contributed by atoms with van der Waals surface area (Å²) in [7, 11) is 1.49. The number of hydrogen-bond acceptors (Lipinski definition) is 7. The SMILES string of the molecule is COC(=O)CC[C@@H](C)C1CCC2C3C(CC[C@@]21C)[C@@]1(C)CC[C@H](NCCCN(CCCN)CCCN)CC1C[C@@H]3O. The second kappa shape index (κ2) is 14.8. The summed E-state index contributed by atoms with van der Waals surface area (Å²) in [6.45, 7) is 13.3. The number of nitrogens with two attached hydrogens (primary N) is 2. The van der Waals surface area contributed by atoms with E-state index in [-0.39, 0.29) is 12.1 Å². The third-order valence-electron chi connectivity index (χ3n) is 12.9. The van der Waals surface area contributed by atoms with Crippen molar-refractivity contribution < 1.29 is 14.6 Å². The number of esters is 1. The summed E-state index contributed by atoms with van der Waals surface area (Å²) in [5.41, 5.74) is 12.2.